The van der Waals surface area contributed by atoms with Crippen molar-refractivity contribution in [3.8, 4) is 0 Å². The zero-order valence-electron chi connectivity index (χ0n) is 11.0. The Labute approximate surface area is 115 Å². The van der Waals surface area contributed by atoms with Crippen molar-refractivity contribution in [2.75, 3.05) is 0 Å². The van der Waals surface area contributed by atoms with E-state index in [1.54, 1.807) is 0 Å². The average Bonchev–Trinajstić information content (AvgIpc) is 2.89. The molecule has 19 heavy (non-hydrogen) atoms. The summed E-state index contributed by atoms with van der Waals surface area (Å²) < 4.78 is 27.4. The van der Waals surface area contributed by atoms with Crippen molar-refractivity contribution in [2.45, 2.75) is 50.3 Å². The van der Waals surface area contributed by atoms with Gasteiger partial charge in [-0.2, -0.15) is 0 Å². The van der Waals surface area contributed by atoms with Crippen LogP contribution in [0.15, 0.2) is 4.99 Å². The highest BCUT2D eigenvalue weighted by Crippen LogP contribution is 2.54. The smallest absolute Gasteiger partial charge is 0.253 e. The van der Waals surface area contributed by atoms with Gasteiger partial charge in [-0.25, -0.2) is 8.78 Å². The molecule has 6 heteroatoms. The quantitative estimate of drug-likeness (QED) is 0.848. The second-order valence-corrected chi connectivity index (χ2v) is 7.31. The lowest BCUT2D eigenvalue weighted by atomic mass is 9.92. The van der Waals surface area contributed by atoms with E-state index in [9.17, 15) is 13.6 Å². The Morgan fingerprint density at radius 3 is 2.68 bits per heavy atom. The Morgan fingerprint density at radius 2 is 2.16 bits per heavy atom. The maximum absolute atomic E-state index is 13.7. The molecule has 4 unspecified atom stereocenters. The Bertz CT molecular complexity index is 438. The van der Waals surface area contributed by atoms with Gasteiger partial charge in [0, 0.05) is 12.3 Å². The molecule has 4 atom stereocenters. The third-order valence-electron chi connectivity index (χ3n) is 4.35. The third-order valence-corrected chi connectivity index (χ3v) is 5.79. The molecule has 1 amide bonds. The number of thioether (sulfide) groups is 1. The first kappa shape index (κ1) is 13.3. The molecule has 3 fully saturated rings. The van der Waals surface area contributed by atoms with Crippen LogP contribution in [0.5, 0.6) is 0 Å². The maximum Gasteiger partial charge on any atom is 0.253 e. The number of halogens is 2. The largest absolute Gasteiger partial charge is 0.304 e. The summed E-state index contributed by atoms with van der Waals surface area (Å²) in [7, 11) is 0. The highest BCUT2D eigenvalue weighted by molar-refractivity contribution is 8.15. The molecule has 1 N–H and O–H groups in total. The van der Waals surface area contributed by atoms with Crippen LogP contribution in [0.4, 0.5) is 8.78 Å². The molecule has 0 aromatic heterocycles. The molecule has 106 valence electrons. The number of nitrogens with zero attached hydrogens (tertiary/aromatic N) is 1. The zero-order chi connectivity index (χ0) is 13.8. The van der Waals surface area contributed by atoms with Crippen molar-refractivity contribution in [1.82, 2.24) is 5.32 Å². The molecule has 0 aromatic rings. The molecule has 1 aliphatic heterocycles. The number of hydrogen-bond donors (Lipinski definition) is 1. The van der Waals surface area contributed by atoms with Gasteiger partial charge in [-0.15, -0.1) is 0 Å². The molecule has 1 saturated heterocycles. The summed E-state index contributed by atoms with van der Waals surface area (Å²) in [6.07, 6.45) is 1.35. The van der Waals surface area contributed by atoms with Gasteiger partial charge in [0.1, 0.15) is 0 Å². The van der Waals surface area contributed by atoms with Gasteiger partial charge in [-0.1, -0.05) is 25.6 Å². The van der Waals surface area contributed by atoms with E-state index < -0.39 is 11.8 Å². The first-order chi connectivity index (χ1) is 8.87. The summed E-state index contributed by atoms with van der Waals surface area (Å²) in [6.45, 7) is 3.96. The Morgan fingerprint density at radius 1 is 1.42 bits per heavy atom. The molecule has 0 radical (unpaired) electrons. The van der Waals surface area contributed by atoms with Crippen LogP contribution in [-0.4, -0.2) is 28.3 Å². The van der Waals surface area contributed by atoms with E-state index in [2.05, 4.69) is 10.3 Å². The van der Waals surface area contributed by atoms with Gasteiger partial charge in [0.25, 0.3) is 5.92 Å². The number of carbonyl (C=O) groups is 1. The second kappa shape index (κ2) is 4.43. The molecule has 0 spiro atoms. The third kappa shape index (κ3) is 2.28. The normalized spacial score (nSPS) is 42.4. The van der Waals surface area contributed by atoms with Gasteiger partial charge in [-0.3, -0.25) is 9.79 Å². The lowest BCUT2D eigenvalue weighted by Gasteiger charge is -2.26. The summed E-state index contributed by atoms with van der Waals surface area (Å²) >= 11 is 1.39. The van der Waals surface area contributed by atoms with E-state index in [-0.39, 0.29) is 35.5 Å². The number of amides is 1. The lowest BCUT2D eigenvalue weighted by molar-refractivity contribution is -0.119. The van der Waals surface area contributed by atoms with Crippen LogP contribution in [-0.2, 0) is 4.79 Å². The van der Waals surface area contributed by atoms with E-state index in [4.69, 9.17) is 0 Å². The van der Waals surface area contributed by atoms with Gasteiger partial charge in [-0.05, 0) is 24.7 Å². The first-order valence-electron chi connectivity index (χ1n) is 6.80. The molecular formula is C13H18F2N2OS. The van der Waals surface area contributed by atoms with Crippen LogP contribution < -0.4 is 5.32 Å². The minimum atomic E-state index is -2.57. The summed E-state index contributed by atoms with van der Waals surface area (Å²) in [5, 5.41) is 3.13. The first-order valence-corrected chi connectivity index (χ1v) is 7.68. The topological polar surface area (TPSA) is 41.5 Å². The molecule has 2 aliphatic carbocycles. The van der Waals surface area contributed by atoms with Gasteiger partial charge in [0.15, 0.2) is 5.17 Å². The van der Waals surface area contributed by atoms with Crippen LogP contribution in [0.1, 0.15) is 33.1 Å². The molecule has 2 bridgehead atoms. The van der Waals surface area contributed by atoms with Gasteiger partial charge < -0.3 is 5.32 Å². The number of rotatable bonds is 2. The molecule has 3 nitrogen and oxygen atoms in total. The van der Waals surface area contributed by atoms with Gasteiger partial charge >= 0.3 is 0 Å². The molecule has 1 heterocycles. The van der Waals surface area contributed by atoms with Crippen molar-refractivity contribution in [3.63, 3.8) is 0 Å². The molecule has 0 aromatic carbocycles. The average molecular weight is 288 g/mol. The predicted molar refractivity (Wildman–Crippen MR) is 71.4 cm³/mol. The van der Waals surface area contributed by atoms with E-state index >= 15 is 0 Å². The van der Waals surface area contributed by atoms with Crippen molar-refractivity contribution in [3.05, 3.63) is 0 Å². The Kier molecular flexibility index (Phi) is 3.11. The van der Waals surface area contributed by atoms with Gasteiger partial charge in [0.2, 0.25) is 5.91 Å². The summed E-state index contributed by atoms with van der Waals surface area (Å²) in [6, 6.07) is -0.317. The standard InChI is InChI=1S/C13H18F2N2OS/c1-6(2)10-11(18)17-12(19-10)16-9-4-7-3-8(9)13(14,15)5-7/h6-10H,3-5H2,1-2H3,(H,16,17,18). The van der Waals surface area contributed by atoms with Crippen molar-refractivity contribution >= 4 is 22.8 Å². The zero-order valence-corrected chi connectivity index (χ0v) is 11.8. The molecule has 3 aliphatic rings. The lowest BCUT2D eigenvalue weighted by Crippen LogP contribution is -2.34. The number of nitrogens with one attached hydrogen (secondary N) is 1. The highest BCUT2D eigenvalue weighted by atomic mass is 32.2. The summed E-state index contributed by atoms with van der Waals surface area (Å²) in [5.41, 5.74) is 0. The monoisotopic (exact) mass is 288 g/mol. The van der Waals surface area contributed by atoms with Crippen molar-refractivity contribution < 1.29 is 13.6 Å². The van der Waals surface area contributed by atoms with Crippen LogP contribution >= 0.6 is 11.8 Å². The Balaban J connectivity index is 1.73. The minimum absolute atomic E-state index is 0.0210. The van der Waals surface area contributed by atoms with Crippen LogP contribution in [0, 0.1) is 17.8 Å². The number of carbonyl (C=O) groups excluding carboxylic acids is 1. The predicted octanol–water partition coefficient (Wildman–Crippen LogP) is 2.66. The van der Waals surface area contributed by atoms with Crippen molar-refractivity contribution in [1.29, 1.82) is 0 Å². The van der Waals surface area contributed by atoms with Crippen LogP contribution in [0.25, 0.3) is 0 Å². The van der Waals surface area contributed by atoms with Gasteiger partial charge in [0.05, 0.1) is 11.3 Å². The number of amidine groups is 1. The summed E-state index contributed by atoms with van der Waals surface area (Å²) in [5.74, 6) is -2.91. The number of aliphatic imine (C=N–C) groups is 1. The minimum Gasteiger partial charge on any atom is -0.304 e. The van der Waals surface area contributed by atoms with E-state index in [0.29, 0.717) is 11.6 Å². The maximum atomic E-state index is 13.7. The van der Waals surface area contributed by atoms with Crippen molar-refractivity contribution in [2.24, 2.45) is 22.7 Å². The van der Waals surface area contributed by atoms with E-state index in [1.165, 1.54) is 11.8 Å². The fourth-order valence-electron chi connectivity index (χ4n) is 3.45. The number of hydrogen-bond acceptors (Lipinski definition) is 3. The molecule has 2 saturated carbocycles. The van der Waals surface area contributed by atoms with Crippen LogP contribution in [0.3, 0.4) is 0 Å². The van der Waals surface area contributed by atoms with Crippen LogP contribution in [0.2, 0.25) is 0 Å². The second-order valence-electron chi connectivity index (χ2n) is 6.18. The summed E-state index contributed by atoms with van der Waals surface area (Å²) in [4.78, 5) is 16.1. The fraction of sp³-hybridized carbons (Fsp3) is 0.846. The fourth-order valence-corrected chi connectivity index (χ4v) is 4.48. The molecular weight excluding hydrogens is 270 g/mol. The van der Waals surface area contributed by atoms with E-state index in [0.717, 1.165) is 6.42 Å². The highest BCUT2D eigenvalue weighted by Gasteiger charge is 2.57. The van der Waals surface area contributed by atoms with E-state index in [1.807, 2.05) is 13.8 Å². The Hall–Kier alpha value is -0.650. The number of fused-ring (bicyclic) bond motifs is 2. The molecule has 3 rings (SSSR count). The number of alkyl halides is 2. The SMILES string of the molecule is CC(C)C1SC(=NC2CC3CC2C(F)(F)C3)NC1=O.